The summed E-state index contributed by atoms with van der Waals surface area (Å²) in [6.45, 7) is 6.01. The highest BCUT2D eigenvalue weighted by Crippen LogP contribution is 2.40. The maximum Gasteiger partial charge on any atom is 0.202 e. The lowest BCUT2D eigenvalue weighted by atomic mass is 9.88. The molecule has 3 heterocycles. The Kier molecular flexibility index (Phi) is 7.26. The second kappa shape index (κ2) is 10.6. The Morgan fingerprint density at radius 3 is 2.53 bits per heavy atom. The molecule has 3 aromatic rings. The van der Waals surface area contributed by atoms with Crippen LogP contribution in [0.5, 0.6) is 5.75 Å². The minimum atomic E-state index is -0.807. The first kappa shape index (κ1) is 26.0. The first-order valence-corrected chi connectivity index (χ1v) is 12.9. The number of hydrogen-bond acceptors (Lipinski definition) is 6. The van der Waals surface area contributed by atoms with Crippen LogP contribution in [0.25, 0.3) is 11.3 Å². The summed E-state index contributed by atoms with van der Waals surface area (Å²) in [5.41, 5.74) is 2.02. The highest BCUT2D eigenvalue weighted by molar-refractivity contribution is 5.72. The highest BCUT2D eigenvalue weighted by atomic mass is 19.1. The number of anilines is 1. The molecule has 1 fully saturated rings. The summed E-state index contributed by atoms with van der Waals surface area (Å²) in [5, 5.41) is 9.32. The van der Waals surface area contributed by atoms with Crippen molar-refractivity contribution in [2.24, 2.45) is 0 Å². The van der Waals surface area contributed by atoms with Gasteiger partial charge >= 0.3 is 0 Å². The van der Waals surface area contributed by atoms with Gasteiger partial charge in [0.15, 0.2) is 17.4 Å². The zero-order chi connectivity index (χ0) is 27.0. The summed E-state index contributed by atoms with van der Waals surface area (Å²) in [5.74, 6) is -1.18. The fourth-order valence-electron chi connectivity index (χ4n) is 5.26. The molecule has 1 saturated heterocycles. The highest BCUT2D eigenvalue weighted by Gasteiger charge is 2.31. The number of fused-ring (bicyclic) bond motifs is 1. The molecule has 198 valence electrons. The van der Waals surface area contributed by atoms with E-state index in [1.165, 1.54) is 6.07 Å². The Bertz CT molecular complexity index is 1380. The first-order chi connectivity index (χ1) is 18.2. The predicted molar refractivity (Wildman–Crippen MR) is 139 cm³/mol. The number of rotatable bonds is 5. The van der Waals surface area contributed by atoms with E-state index in [4.69, 9.17) is 4.74 Å². The molecule has 9 heteroatoms. The van der Waals surface area contributed by atoms with E-state index in [2.05, 4.69) is 21.9 Å². The van der Waals surface area contributed by atoms with E-state index >= 15 is 8.78 Å². The minimum Gasteiger partial charge on any atom is -0.468 e. The second-order valence-electron chi connectivity index (χ2n) is 10.4. The van der Waals surface area contributed by atoms with Crippen molar-refractivity contribution in [2.45, 2.75) is 51.2 Å². The van der Waals surface area contributed by atoms with E-state index < -0.39 is 17.7 Å². The van der Waals surface area contributed by atoms with Crippen molar-refractivity contribution < 1.29 is 17.9 Å². The van der Waals surface area contributed by atoms with Crippen LogP contribution in [0.4, 0.5) is 18.9 Å². The van der Waals surface area contributed by atoms with Gasteiger partial charge in [-0.3, -0.25) is 0 Å². The van der Waals surface area contributed by atoms with Crippen LogP contribution in [0.15, 0.2) is 36.5 Å². The molecule has 0 spiro atoms. The fourth-order valence-corrected chi connectivity index (χ4v) is 5.26. The van der Waals surface area contributed by atoms with Crippen LogP contribution in [0.3, 0.4) is 0 Å². The molecule has 0 aliphatic carbocycles. The Labute approximate surface area is 220 Å². The molecule has 0 bridgehead atoms. The molecular formula is C29H30F3N5O. The Balaban J connectivity index is 1.43. The van der Waals surface area contributed by atoms with Gasteiger partial charge in [0.05, 0.1) is 18.4 Å². The third kappa shape index (κ3) is 5.18. The third-order valence-corrected chi connectivity index (χ3v) is 7.38. The van der Waals surface area contributed by atoms with E-state index in [1.54, 1.807) is 6.07 Å². The van der Waals surface area contributed by atoms with Crippen molar-refractivity contribution >= 4 is 5.69 Å². The van der Waals surface area contributed by atoms with Crippen LogP contribution < -0.4 is 9.64 Å². The number of aromatic nitrogens is 2. The summed E-state index contributed by atoms with van der Waals surface area (Å²) in [7, 11) is 2.07. The van der Waals surface area contributed by atoms with Gasteiger partial charge in [0, 0.05) is 18.0 Å². The summed E-state index contributed by atoms with van der Waals surface area (Å²) >= 11 is 0. The fraction of sp³-hybridized carbons (Fsp3) is 0.414. The van der Waals surface area contributed by atoms with E-state index in [-0.39, 0.29) is 47.7 Å². The molecule has 0 amide bonds. The second-order valence-corrected chi connectivity index (χ2v) is 10.4. The van der Waals surface area contributed by atoms with Gasteiger partial charge in [-0.2, -0.15) is 5.26 Å². The van der Waals surface area contributed by atoms with Crippen molar-refractivity contribution in [3.05, 3.63) is 70.9 Å². The average molecular weight is 522 g/mol. The van der Waals surface area contributed by atoms with Crippen LogP contribution >= 0.6 is 0 Å². The molecule has 1 atom stereocenters. The summed E-state index contributed by atoms with van der Waals surface area (Å²) < 4.78 is 50.6. The Morgan fingerprint density at radius 1 is 1.08 bits per heavy atom. The van der Waals surface area contributed by atoms with E-state index in [0.29, 0.717) is 17.1 Å². The molecule has 1 unspecified atom stereocenters. The number of benzene rings is 2. The van der Waals surface area contributed by atoms with Crippen molar-refractivity contribution in [3.8, 4) is 23.1 Å². The SMILES string of the molecule is CC(C)N1CC(C#N)Oc2c(F)cc(-c3nc(Cc4ccc(C5CCN(C)CC5)c(F)c4)ncc3F)cc21. The molecule has 38 heavy (non-hydrogen) atoms. The number of halogens is 3. The minimum absolute atomic E-state index is 0.0323. The number of piperidine rings is 1. The van der Waals surface area contributed by atoms with Crippen molar-refractivity contribution in [1.29, 1.82) is 5.26 Å². The lowest BCUT2D eigenvalue weighted by molar-refractivity contribution is 0.230. The zero-order valence-electron chi connectivity index (χ0n) is 21.7. The van der Waals surface area contributed by atoms with Crippen molar-refractivity contribution in [3.63, 3.8) is 0 Å². The van der Waals surface area contributed by atoms with E-state index in [9.17, 15) is 9.65 Å². The smallest absolute Gasteiger partial charge is 0.202 e. The van der Waals surface area contributed by atoms with E-state index in [1.807, 2.05) is 36.9 Å². The number of likely N-dealkylation sites (tertiary alicyclic amines) is 1. The first-order valence-electron chi connectivity index (χ1n) is 12.9. The predicted octanol–water partition coefficient (Wildman–Crippen LogP) is 5.46. The lowest BCUT2D eigenvalue weighted by Gasteiger charge is -2.37. The maximum atomic E-state index is 15.1. The molecule has 2 aliphatic heterocycles. The molecule has 2 aromatic carbocycles. The van der Waals surface area contributed by atoms with Gasteiger partial charge in [-0.1, -0.05) is 12.1 Å². The molecule has 5 rings (SSSR count). The zero-order valence-corrected chi connectivity index (χ0v) is 21.7. The summed E-state index contributed by atoms with van der Waals surface area (Å²) in [6, 6.07) is 9.97. The topological polar surface area (TPSA) is 65.3 Å². The van der Waals surface area contributed by atoms with Gasteiger partial charge in [0.25, 0.3) is 0 Å². The van der Waals surface area contributed by atoms with Gasteiger partial charge < -0.3 is 14.5 Å². The quantitative estimate of drug-likeness (QED) is 0.444. The van der Waals surface area contributed by atoms with E-state index in [0.717, 1.165) is 43.8 Å². The summed E-state index contributed by atoms with van der Waals surface area (Å²) in [4.78, 5) is 12.6. The molecule has 1 aromatic heterocycles. The molecule has 0 saturated carbocycles. The van der Waals surface area contributed by atoms with Crippen LogP contribution in [-0.4, -0.2) is 53.7 Å². The third-order valence-electron chi connectivity index (χ3n) is 7.38. The monoisotopic (exact) mass is 521 g/mol. The molecule has 6 nitrogen and oxygen atoms in total. The largest absolute Gasteiger partial charge is 0.468 e. The molecule has 0 N–H and O–H groups in total. The normalized spacial score (nSPS) is 18.3. The Morgan fingerprint density at radius 2 is 1.84 bits per heavy atom. The molecule has 2 aliphatic rings. The van der Waals surface area contributed by atoms with Crippen molar-refractivity contribution in [2.75, 3.05) is 31.6 Å². The van der Waals surface area contributed by atoms with Crippen LogP contribution in [0, 0.1) is 28.8 Å². The number of hydrogen-bond donors (Lipinski definition) is 0. The molecule has 0 radical (unpaired) electrons. The van der Waals surface area contributed by atoms with Crippen LogP contribution in [0.1, 0.15) is 49.6 Å². The van der Waals surface area contributed by atoms with Gasteiger partial charge in [-0.25, -0.2) is 23.1 Å². The number of nitriles is 1. The lowest BCUT2D eigenvalue weighted by Crippen LogP contribution is -2.43. The van der Waals surface area contributed by atoms with Crippen LogP contribution in [0.2, 0.25) is 0 Å². The van der Waals surface area contributed by atoms with Gasteiger partial charge in [0.2, 0.25) is 6.10 Å². The van der Waals surface area contributed by atoms with Crippen molar-refractivity contribution in [1.82, 2.24) is 14.9 Å². The van der Waals surface area contributed by atoms with Gasteiger partial charge in [-0.05, 0) is 82.1 Å². The maximum absolute atomic E-state index is 15.1. The number of ether oxygens (including phenoxy) is 1. The van der Waals surface area contributed by atoms with Gasteiger partial charge in [-0.15, -0.1) is 0 Å². The summed E-state index contributed by atoms with van der Waals surface area (Å²) in [6.07, 6.45) is 2.30. The standard InChI is InChI=1S/C29H30F3N5O/c1-17(2)37-16-21(14-33)38-29-24(31)12-20(13-26(29)37)28-25(32)15-34-27(35-28)11-18-4-5-22(23(30)10-18)19-6-8-36(3)9-7-19/h4-5,10,12-13,15,17,19,21H,6-9,11,16H2,1-3H3. The van der Waals surface area contributed by atoms with Gasteiger partial charge in [0.1, 0.15) is 23.4 Å². The number of nitrogens with zero attached hydrogens (tertiary/aromatic N) is 5. The Hall–Kier alpha value is -3.64. The molecular weight excluding hydrogens is 491 g/mol. The average Bonchev–Trinajstić information content (AvgIpc) is 2.90. The van der Waals surface area contributed by atoms with Crippen LogP contribution in [-0.2, 0) is 6.42 Å².